The second-order valence-corrected chi connectivity index (χ2v) is 25.5. The highest BCUT2D eigenvalue weighted by molar-refractivity contribution is 6.71. The van der Waals surface area contributed by atoms with E-state index in [1.54, 1.807) is 0 Å². The van der Waals surface area contributed by atoms with E-state index in [9.17, 15) is 0 Å². The molecule has 10 rings (SSSR count). The Bertz CT molecular complexity index is 3400. The van der Waals surface area contributed by atoms with Crippen LogP contribution in [0.4, 0.5) is 0 Å². The van der Waals surface area contributed by atoms with E-state index in [4.69, 9.17) is 27.9 Å². The Hall–Kier alpha value is -5.70. The molecular formula is C70H84B4O6. The summed E-state index contributed by atoms with van der Waals surface area (Å²) in [4.78, 5) is 0. The van der Waals surface area contributed by atoms with Crippen LogP contribution in [0.1, 0.15) is 114 Å². The summed E-state index contributed by atoms with van der Waals surface area (Å²) >= 11 is 0. The number of aryl methyl sites for hydroxylation is 8. The molecule has 0 N–H and O–H groups in total. The average molecular weight is 1060 g/mol. The lowest BCUT2D eigenvalue weighted by Gasteiger charge is -2.32. The quantitative estimate of drug-likeness (QED) is 0.114. The van der Waals surface area contributed by atoms with Crippen molar-refractivity contribution < 1.29 is 27.9 Å². The van der Waals surface area contributed by atoms with Crippen LogP contribution < -0.4 is 21.9 Å². The van der Waals surface area contributed by atoms with Gasteiger partial charge in [0.15, 0.2) is 6.71 Å². The van der Waals surface area contributed by atoms with Crippen LogP contribution in [0.25, 0.3) is 66.1 Å². The fourth-order valence-corrected chi connectivity index (χ4v) is 11.7. The Morgan fingerprint density at radius 1 is 0.338 bits per heavy atom. The third kappa shape index (κ3) is 12.1. The van der Waals surface area contributed by atoms with Crippen LogP contribution in [0.2, 0.25) is 13.6 Å². The highest BCUT2D eigenvalue weighted by atomic mass is 16.7. The van der Waals surface area contributed by atoms with Gasteiger partial charge in [-0.15, -0.1) is 0 Å². The molecule has 412 valence electrons. The summed E-state index contributed by atoms with van der Waals surface area (Å²) in [6, 6.07) is 45.6. The van der Waals surface area contributed by atoms with E-state index in [0.29, 0.717) is 19.9 Å². The molecule has 10 heteroatoms. The van der Waals surface area contributed by atoms with Gasteiger partial charge in [0.2, 0.25) is 0 Å². The molecule has 6 nitrogen and oxygen atoms in total. The smallest absolute Gasteiger partial charge is 0.408 e. The highest BCUT2D eigenvalue weighted by Gasteiger charge is 2.53. The van der Waals surface area contributed by atoms with Gasteiger partial charge >= 0.3 is 21.4 Å². The summed E-state index contributed by atoms with van der Waals surface area (Å²) in [5, 5.41) is 4.81. The molecule has 8 aromatic rings. The SMILES string of the molecule is CCOB(OCC)c1cc(-c2cc(C)cc(C)c2)c2cc(B(C)C)cc(-c3cc(C)cc(C)c3)c2c1.Cc1cc(C)cc(-c2cc(B3OC(C)(C)C(C)(C)O3)cc3c(-c4cc(C)cc(C)c4)cc(B4OC(C)(C)C(C)(C)O4)cc23)c1. The van der Waals surface area contributed by atoms with Gasteiger partial charge in [0.05, 0.1) is 22.4 Å². The minimum atomic E-state index is -0.482. The largest absolute Gasteiger partial charge is 0.494 e. The average Bonchev–Trinajstić information content (AvgIpc) is 3.75. The van der Waals surface area contributed by atoms with Crippen LogP contribution in [-0.2, 0) is 27.9 Å². The van der Waals surface area contributed by atoms with Crippen LogP contribution in [0, 0.1) is 55.4 Å². The summed E-state index contributed by atoms with van der Waals surface area (Å²) in [6.45, 7) is 44.4. The predicted molar refractivity (Wildman–Crippen MR) is 345 cm³/mol. The fourth-order valence-electron chi connectivity index (χ4n) is 11.7. The maximum absolute atomic E-state index is 6.61. The Balaban J connectivity index is 0.000000198. The standard InChI is InChI=1S/C38H46B2O4.C32H38B2O2/c1-23-13-24(2)16-27(15-23)31-19-29(39-41-35(5,6)36(7,8)42-39)22-34-32(28-17-25(3)14-26(4)18-28)20-30(21-33(31)34)40-43-37(9,10)38(11,12)44-40;1-9-35-34(36-10-2)28-19-30(26-15-23(5)12-24(6)16-26)31-18-27(33(7)8)17-29(32(31)20-28)25-13-21(3)11-22(4)14-25/h13-22H,1-12H3;11-20H,9-10H2,1-8H3. The molecule has 0 aliphatic carbocycles. The molecule has 2 aliphatic heterocycles. The Morgan fingerprint density at radius 3 is 0.863 bits per heavy atom. The molecule has 0 unspecified atom stereocenters. The Morgan fingerprint density at radius 2 is 0.588 bits per heavy atom. The van der Waals surface area contributed by atoms with Gasteiger partial charge in [0.25, 0.3) is 0 Å². The maximum atomic E-state index is 6.61. The molecule has 0 spiro atoms. The maximum Gasteiger partial charge on any atom is 0.494 e. The van der Waals surface area contributed by atoms with Crippen molar-refractivity contribution in [1.29, 1.82) is 0 Å². The normalized spacial score (nSPS) is 16.1. The highest BCUT2D eigenvalue weighted by Crippen LogP contribution is 2.42. The lowest BCUT2D eigenvalue weighted by atomic mass is 9.49. The van der Waals surface area contributed by atoms with Crippen molar-refractivity contribution in [2.24, 2.45) is 0 Å². The van der Waals surface area contributed by atoms with E-state index >= 15 is 0 Å². The summed E-state index contributed by atoms with van der Waals surface area (Å²) in [5.74, 6) is 0. The predicted octanol–water partition coefficient (Wildman–Crippen LogP) is 15.1. The van der Waals surface area contributed by atoms with Crippen LogP contribution in [0.15, 0.2) is 121 Å². The molecule has 8 aromatic carbocycles. The van der Waals surface area contributed by atoms with Crippen molar-refractivity contribution in [3.63, 3.8) is 0 Å². The van der Waals surface area contributed by atoms with Crippen LogP contribution in [-0.4, -0.2) is 63.7 Å². The van der Waals surface area contributed by atoms with Gasteiger partial charge in [-0.2, -0.15) is 0 Å². The van der Waals surface area contributed by atoms with Crippen molar-refractivity contribution in [2.75, 3.05) is 13.2 Å². The first-order valence-electron chi connectivity index (χ1n) is 29.1. The lowest BCUT2D eigenvalue weighted by molar-refractivity contribution is 0.00578. The van der Waals surface area contributed by atoms with E-state index in [1.807, 2.05) is 13.8 Å². The molecule has 2 aliphatic rings. The first-order valence-corrected chi connectivity index (χ1v) is 29.1. The van der Waals surface area contributed by atoms with Gasteiger partial charge in [-0.25, -0.2) is 0 Å². The molecule has 0 radical (unpaired) electrons. The van der Waals surface area contributed by atoms with Crippen LogP contribution in [0.3, 0.4) is 0 Å². The zero-order chi connectivity index (χ0) is 58.0. The molecule has 0 amide bonds. The molecule has 0 saturated carbocycles. The molecule has 2 fully saturated rings. The number of fused-ring (bicyclic) bond motifs is 2. The molecule has 2 heterocycles. The first kappa shape index (κ1) is 58.9. The van der Waals surface area contributed by atoms with Gasteiger partial charge in [-0.3, -0.25) is 0 Å². The van der Waals surface area contributed by atoms with Gasteiger partial charge in [0, 0.05) is 13.2 Å². The van der Waals surface area contributed by atoms with E-state index < -0.39 is 43.8 Å². The van der Waals surface area contributed by atoms with Gasteiger partial charge in [-0.1, -0.05) is 185 Å². The second-order valence-electron chi connectivity index (χ2n) is 25.5. The minimum Gasteiger partial charge on any atom is -0.408 e. The first-order chi connectivity index (χ1) is 37.5. The number of rotatable bonds is 12. The number of hydrogen-bond acceptors (Lipinski definition) is 6. The molecular weight excluding hydrogens is 980 g/mol. The van der Waals surface area contributed by atoms with Gasteiger partial charge in [0.1, 0.15) is 0 Å². The monoisotopic (exact) mass is 1060 g/mol. The third-order valence-corrected chi connectivity index (χ3v) is 17.0. The summed E-state index contributed by atoms with van der Waals surface area (Å²) < 4.78 is 38.6. The zero-order valence-corrected chi connectivity index (χ0v) is 51.7. The van der Waals surface area contributed by atoms with E-state index in [2.05, 4.69) is 246 Å². The topological polar surface area (TPSA) is 55.4 Å². The fraction of sp³-hybridized carbons (Fsp3) is 0.371. The van der Waals surface area contributed by atoms with Crippen molar-refractivity contribution in [2.45, 2.75) is 161 Å². The zero-order valence-electron chi connectivity index (χ0n) is 51.7. The van der Waals surface area contributed by atoms with Gasteiger partial charge < -0.3 is 27.9 Å². The summed E-state index contributed by atoms with van der Waals surface area (Å²) in [7, 11) is -1.36. The van der Waals surface area contributed by atoms with Crippen molar-refractivity contribution in [1.82, 2.24) is 0 Å². The minimum absolute atomic E-state index is 0.397. The molecule has 0 bridgehead atoms. The lowest BCUT2D eigenvalue weighted by Crippen LogP contribution is -2.41. The molecule has 80 heavy (non-hydrogen) atoms. The van der Waals surface area contributed by atoms with Crippen molar-refractivity contribution in [3.05, 3.63) is 166 Å². The van der Waals surface area contributed by atoms with E-state index in [-0.39, 0.29) is 0 Å². The number of benzene rings is 8. The van der Waals surface area contributed by atoms with E-state index in [1.165, 1.54) is 94.1 Å². The number of hydrogen-bond donors (Lipinski definition) is 0. The van der Waals surface area contributed by atoms with Crippen LogP contribution >= 0.6 is 0 Å². The van der Waals surface area contributed by atoms with Crippen LogP contribution in [0.5, 0.6) is 0 Å². The molecule has 2 saturated heterocycles. The summed E-state index contributed by atoms with van der Waals surface area (Å²) in [5.41, 5.74) is 22.3. The van der Waals surface area contributed by atoms with Gasteiger partial charge in [-0.05, 0) is 207 Å². The summed E-state index contributed by atoms with van der Waals surface area (Å²) in [6.07, 6.45) is 0. The Labute approximate surface area is 481 Å². The third-order valence-electron chi connectivity index (χ3n) is 17.0. The molecule has 0 aromatic heterocycles. The Kier molecular flexibility index (Phi) is 16.6. The van der Waals surface area contributed by atoms with E-state index in [0.717, 1.165) is 38.3 Å². The van der Waals surface area contributed by atoms with Crippen molar-refractivity contribution >= 4 is 71.5 Å². The molecule has 0 atom stereocenters. The second kappa shape index (κ2) is 22.6. The van der Waals surface area contributed by atoms with Crippen molar-refractivity contribution in [3.8, 4) is 44.5 Å².